The van der Waals surface area contributed by atoms with Crippen molar-refractivity contribution in [3.63, 3.8) is 0 Å². The summed E-state index contributed by atoms with van der Waals surface area (Å²) < 4.78 is 2.20. The molecule has 3 fully saturated rings. The maximum absolute atomic E-state index is 5.01. The standard InChI is InChI=1S/C25H39N7S/c1-25(2,3)23-26-20(18-7-5-8-18)17-21(27-23)32-14-12-31(13-15-32)11-6-16-33-24-29-28-22(30(24)4)19-9-10-19/h17-19H,5-16H2,1-4H3. The fraction of sp³-hybridized carbons (Fsp3) is 0.760. The van der Waals surface area contributed by atoms with E-state index in [1.54, 1.807) is 0 Å². The van der Waals surface area contributed by atoms with Crippen molar-refractivity contribution in [3.05, 3.63) is 23.4 Å². The minimum absolute atomic E-state index is 0.0177. The van der Waals surface area contributed by atoms with Crippen molar-refractivity contribution in [1.29, 1.82) is 0 Å². The van der Waals surface area contributed by atoms with Crippen molar-refractivity contribution in [2.24, 2.45) is 7.05 Å². The zero-order valence-corrected chi connectivity index (χ0v) is 21.6. The lowest BCUT2D eigenvalue weighted by Gasteiger charge is -2.36. The Morgan fingerprint density at radius 2 is 1.73 bits per heavy atom. The van der Waals surface area contributed by atoms with Crippen LogP contribution >= 0.6 is 11.8 Å². The molecule has 5 rings (SSSR count). The van der Waals surface area contributed by atoms with Crippen LogP contribution in [0.5, 0.6) is 0 Å². The van der Waals surface area contributed by atoms with Crippen molar-refractivity contribution in [2.45, 2.75) is 81.7 Å². The molecule has 0 amide bonds. The molecular weight excluding hydrogens is 430 g/mol. The fourth-order valence-corrected chi connectivity index (χ4v) is 5.51. The molecular formula is C25H39N7S. The summed E-state index contributed by atoms with van der Waals surface area (Å²) in [4.78, 5) is 15.1. The smallest absolute Gasteiger partial charge is 0.190 e. The molecule has 1 aliphatic heterocycles. The molecule has 2 aliphatic carbocycles. The average molecular weight is 470 g/mol. The van der Waals surface area contributed by atoms with Gasteiger partial charge in [-0.2, -0.15) is 0 Å². The van der Waals surface area contributed by atoms with Crippen molar-refractivity contribution in [2.75, 3.05) is 43.4 Å². The molecule has 33 heavy (non-hydrogen) atoms. The van der Waals surface area contributed by atoms with Gasteiger partial charge in [0.2, 0.25) is 0 Å². The van der Waals surface area contributed by atoms with Crippen molar-refractivity contribution >= 4 is 17.6 Å². The van der Waals surface area contributed by atoms with Crippen LogP contribution in [0.15, 0.2) is 11.2 Å². The average Bonchev–Trinajstić information content (AvgIpc) is 3.53. The minimum Gasteiger partial charge on any atom is -0.354 e. The molecule has 3 aliphatic rings. The molecule has 7 nitrogen and oxygen atoms in total. The first kappa shape index (κ1) is 23.1. The predicted octanol–water partition coefficient (Wildman–Crippen LogP) is 4.35. The summed E-state index contributed by atoms with van der Waals surface area (Å²) in [5, 5.41) is 9.87. The zero-order valence-electron chi connectivity index (χ0n) is 20.8. The van der Waals surface area contributed by atoms with Gasteiger partial charge < -0.3 is 9.47 Å². The molecule has 2 aromatic rings. The van der Waals surface area contributed by atoms with Crippen LogP contribution in [0.1, 0.15) is 88.5 Å². The number of hydrogen-bond donors (Lipinski definition) is 0. The lowest BCUT2D eigenvalue weighted by Crippen LogP contribution is -2.47. The molecule has 3 heterocycles. The molecule has 0 atom stereocenters. The number of piperazine rings is 1. The van der Waals surface area contributed by atoms with Gasteiger partial charge in [-0.25, -0.2) is 9.97 Å². The number of aromatic nitrogens is 5. The molecule has 0 bridgehead atoms. The second-order valence-electron chi connectivity index (χ2n) is 11.1. The maximum atomic E-state index is 5.01. The predicted molar refractivity (Wildman–Crippen MR) is 134 cm³/mol. The number of anilines is 1. The Labute approximate surface area is 202 Å². The minimum atomic E-state index is -0.0177. The van der Waals surface area contributed by atoms with Gasteiger partial charge in [0.05, 0.1) is 0 Å². The summed E-state index contributed by atoms with van der Waals surface area (Å²) in [6.07, 6.45) is 7.63. The van der Waals surface area contributed by atoms with E-state index in [1.165, 1.54) is 50.0 Å². The van der Waals surface area contributed by atoms with Gasteiger partial charge in [-0.15, -0.1) is 10.2 Å². The van der Waals surface area contributed by atoms with Gasteiger partial charge in [0.25, 0.3) is 0 Å². The van der Waals surface area contributed by atoms with Crippen LogP contribution in [0.25, 0.3) is 0 Å². The Hall–Kier alpha value is -1.67. The van der Waals surface area contributed by atoms with Crippen LogP contribution in [-0.2, 0) is 12.5 Å². The Morgan fingerprint density at radius 3 is 2.36 bits per heavy atom. The lowest BCUT2D eigenvalue weighted by atomic mass is 9.82. The molecule has 0 spiro atoms. The lowest BCUT2D eigenvalue weighted by molar-refractivity contribution is 0.258. The van der Waals surface area contributed by atoms with E-state index in [2.05, 4.69) is 58.4 Å². The molecule has 0 unspecified atom stereocenters. The Morgan fingerprint density at radius 1 is 0.970 bits per heavy atom. The monoisotopic (exact) mass is 469 g/mol. The van der Waals surface area contributed by atoms with Gasteiger partial charge >= 0.3 is 0 Å². The number of hydrogen-bond acceptors (Lipinski definition) is 7. The SMILES string of the molecule is Cn1c(SCCCN2CCN(c3cc(C4CCC4)nc(C(C)(C)C)n3)CC2)nnc1C1CC1. The molecule has 2 aromatic heterocycles. The largest absolute Gasteiger partial charge is 0.354 e. The molecule has 0 aromatic carbocycles. The molecule has 2 saturated carbocycles. The first-order valence-corrected chi connectivity index (χ1v) is 13.8. The van der Waals surface area contributed by atoms with Crippen LogP contribution in [0.4, 0.5) is 5.82 Å². The second kappa shape index (κ2) is 9.53. The third-order valence-corrected chi connectivity index (χ3v) is 8.39. The molecule has 1 saturated heterocycles. The second-order valence-corrected chi connectivity index (χ2v) is 12.1. The highest BCUT2D eigenvalue weighted by Crippen LogP contribution is 2.39. The normalized spacial score (nSPS) is 20.3. The van der Waals surface area contributed by atoms with Gasteiger partial charge in [0.15, 0.2) is 5.16 Å². The van der Waals surface area contributed by atoms with Crippen LogP contribution in [0.2, 0.25) is 0 Å². The summed E-state index contributed by atoms with van der Waals surface area (Å²) in [5.41, 5.74) is 1.25. The van der Waals surface area contributed by atoms with Gasteiger partial charge in [-0.1, -0.05) is 39.0 Å². The van der Waals surface area contributed by atoms with E-state index in [4.69, 9.17) is 9.97 Å². The van der Waals surface area contributed by atoms with Crippen LogP contribution < -0.4 is 4.90 Å². The van der Waals surface area contributed by atoms with Crippen molar-refractivity contribution in [3.8, 4) is 0 Å². The van der Waals surface area contributed by atoms with Gasteiger partial charge in [0, 0.05) is 68.0 Å². The summed E-state index contributed by atoms with van der Waals surface area (Å²) in [7, 11) is 2.11. The molecule has 0 radical (unpaired) electrons. The summed E-state index contributed by atoms with van der Waals surface area (Å²) in [6.45, 7) is 12.1. The van der Waals surface area contributed by atoms with Crippen LogP contribution in [-0.4, -0.2) is 68.1 Å². The Kier molecular flexibility index (Phi) is 6.67. The van der Waals surface area contributed by atoms with Crippen molar-refractivity contribution in [1.82, 2.24) is 29.6 Å². The summed E-state index contributed by atoms with van der Waals surface area (Å²) in [5.74, 6) is 5.71. The van der Waals surface area contributed by atoms with E-state index in [0.29, 0.717) is 11.8 Å². The highest BCUT2D eigenvalue weighted by molar-refractivity contribution is 7.99. The number of thioether (sulfide) groups is 1. The van der Waals surface area contributed by atoms with Gasteiger partial charge in [0.1, 0.15) is 17.5 Å². The quantitative estimate of drug-likeness (QED) is 0.421. The third kappa shape index (κ3) is 5.37. The first-order chi connectivity index (χ1) is 15.9. The zero-order chi connectivity index (χ0) is 23.0. The molecule has 180 valence electrons. The van der Waals surface area contributed by atoms with Crippen LogP contribution in [0, 0.1) is 0 Å². The highest BCUT2D eigenvalue weighted by atomic mass is 32.2. The van der Waals surface area contributed by atoms with E-state index >= 15 is 0 Å². The third-order valence-electron chi connectivity index (χ3n) is 7.28. The van der Waals surface area contributed by atoms with Crippen LogP contribution in [0.3, 0.4) is 0 Å². The Bertz CT molecular complexity index is 950. The summed E-state index contributed by atoms with van der Waals surface area (Å²) in [6, 6.07) is 2.28. The fourth-order valence-electron chi connectivity index (χ4n) is 4.66. The van der Waals surface area contributed by atoms with E-state index in [0.717, 1.165) is 55.3 Å². The number of nitrogens with zero attached hydrogens (tertiary/aromatic N) is 7. The Balaban J connectivity index is 1.11. The highest BCUT2D eigenvalue weighted by Gasteiger charge is 2.30. The van der Waals surface area contributed by atoms with E-state index in [1.807, 2.05) is 11.8 Å². The maximum Gasteiger partial charge on any atom is 0.190 e. The van der Waals surface area contributed by atoms with Gasteiger partial charge in [-0.3, -0.25) is 4.90 Å². The van der Waals surface area contributed by atoms with Crippen molar-refractivity contribution < 1.29 is 0 Å². The molecule has 0 N–H and O–H groups in total. The van der Waals surface area contributed by atoms with E-state index < -0.39 is 0 Å². The first-order valence-electron chi connectivity index (χ1n) is 12.8. The summed E-state index contributed by atoms with van der Waals surface area (Å²) >= 11 is 1.85. The van der Waals surface area contributed by atoms with E-state index in [9.17, 15) is 0 Å². The molecule has 8 heteroatoms. The number of rotatable bonds is 8. The van der Waals surface area contributed by atoms with E-state index in [-0.39, 0.29) is 5.41 Å². The topological polar surface area (TPSA) is 63.0 Å². The van der Waals surface area contributed by atoms with Gasteiger partial charge in [-0.05, 0) is 38.6 Å².